The van der Waals surface area contributed by atoms with E-state index in [0.717, 1.165) is 11.8 Å². The van der Waals surface area contributed by atoms with Crippen LogP contribution < -0.4 is 5.32 Å². The van der Waals surface area contributed by atoms with Crippen LogP contribution in [-0.2, 0) is 0 Å². The third-order valence-electron chi connectivity index (χ3n) is 6.19. The molecule has 1 saturated carbocycles. The van der Waals surface area contributed by atoms with Gasteiger partial charge in [-0.3, -0.25) is 0 Å². The van der Waals surface area contributed by atoms with Gasteiger partial charge < -0.3 is 5.32 Å². The fourth-order valence-corrected chi connectivity index (χ4v) is 4.89. The van der Waals surface area contributed by atoms with E-state index in [0.29, 0.717) is 11.3 Å². The summed E-state index contributed by atoms with van der Waals surface area (Å²) in [5.41, 5.74) is 3.54. The molecular weight excluding hydrogens is 254 g/mol. The maximum atomic E-state index is 3.67. The van der Waals surface area contributed by atoms with Crippen molar-refractivity contribution in [3.8, 4) is 0 Å². The molecule has 1 heterocycles. The Morgan fingerprint density at radius 1 is 1.24 bits per heavy atom. The molecular formula is C20H31N. The van der Waals surface area contributed by atoms with Crippen LogP contribution in [0.5, 0.6) is 0 Å². The number of hydrogen-bond donors (Lipinski definition) is 1. The topological polar surface area (TPSA) is 12.0 Å². The molecule has 3 atom stereocenters. The van der Waals surface area contributed by atoms with E-state index < -0.39 is 0 Å². The van der Waals surface area contributed by atoms with Gasteiger partial charge in [0.2, 0.25) is 0 Å². The molecule has 1 aromatic rings. The lowest BCUT2D eigenvalue weighted by Crippen LogP contribution is -2.46. The van der Waals surface area contributed by atoms with Gasteiger partial charge in [0, 0.05) is 12.5 Å². The molecule has 1 aliphatic carbocycles. The summed E-state index contributed by atoms with van der Waals surface area (Å²) in [5, 5.41) is 3.67. The summed E-state index contributed by atoms with van der Waals surface area (Å²) in [6, 6.07) is 9.27. The molecule has 116 valence electrons. The second kappa shape index (κ2) is 6.12. The zero-order valence-corrected chi connectivity index (χ0v) is 14.0. The normalized spacial score (nSPS) is 33.5. The largest absolute Gasteiger partial charge is 0.316 e. The predicted octanol–water partition coefficient (Wildman–Crippen LogP) is 4.90. The molecule has 21 heavy (non-hydrogen) atoms. The van der Waals surface area contributed by atoms with E-state index in [4.69, 9.17) is 0 Å². The Labute approximate surface area is 130 Å². The van der Waals surface area contributed by atoms with Crippen molar-refractivity contribution < 1.29 is 0 Å². The van der Waals surface area contributed by atoms with E-state index >= 15 is 0 Å². The van der Waals surface area contributed by atoms with Gasteiger partial charge in [-0.25, -0.2) is 0 Å². The van der Waals surface area contributed by atoms with Gasteiger partial charge >= 0.3 is 0 Å². The number of nitrogens with one attached hydrogen (secondary N) is 1. The van der Waals surface area contributed by atoms with Gasteiger partial charge in [-0.15, -0.1) is 0 Å². The van der Waals surface area contributed by atoms with Crippen LogP contribution in [0.25, 0.3) is 0 Å². The third kappa shape index (κ3) is 3.04. The zero-order chi connectivity index (χ0) is 14.9. The van der Waals surface area contributed by atoms with Gasteiger partial charge in [0.25, 0.3) is 0 Å². The molecule has 2 aliphatic rings. The molecule has 1 N–H and O–H groups in total. The van der Waals surface area contributed by atoms with Crippen LogP contribution in [0, 0.1) is 24.2 Å². The number of piperidine rings is 1. The van der Waals surface area contributed by atoms with Crippen LogP contribution in [0.2, 0.25) is 0 Å². The van der Waals surface area contributed by atoms with E-state index in [2.05, 4.69) is 50.4 Å². The first-order valence-corrected chi connectivity index (χ1v) is 8.88. The fourth-order valence-electron chi connectivity index (χ4n) is 4.89. The predicted molar refractivity (Wildman–Crippen MR) is 90.6 cm³/mol. The van der Waals surface area contributed by atoms with Crippen molar-refractivity contribution in [2.24, 2.45) is 17.3 Å². The maximum Gasteiger partial charge on any atom is 0.00255 e. The maximum absolute atomic E-state index is 3.67. The molecule has 3 unspecified atom stereocenters. The molecule has 1 saturated heterocycles. The highest BCUT2D eigenvalue weighted by Crippen LogP contribution is 2.53. The minimum atomic E-state index is 0.562. The van der Waals surface area contributed by atoms with E-state index in [1.807, 2.05) is 0 Å². The molecule has 0 amide bonds. The van der Waals surface area contributed by atoms with E-state index in [9.17, 15) is 0 Å². The molecule has 2 fully saturated rings. The van der Waals surface area contributed by atoms with Gasteiger partial charge in [-0.2, -0.15) is 0 Å². The standard InChI is InChI=1S/C20H31N/c1-15(2)18-8-5-9-20(13-18)10-11-21-14-19(20)17-7-4-6-16(3)12-17/h4,6-7,12,15,18-19,21H,5,8-11,13-14H2,1-3H3. The van der Waals surface area contributed by atoms with Crippen molar-refractivity contribution in [1.29, 1.82) is 0 Å². The van der Waals surface area contributed by atoms with Crippen LogP contribution in [-0.4, -0.2) is 13.1 Å². The summed E-state index contributed by atoms with van der Waals surface area (Å²) >= 11 is 0. The Kier molecular flexibility index (Phi) is 4.40. The Morgan fingerprint density at radius 3 is 2.86 bits per heavy atom. The van der Waals surface area contributed by atoms with Crippen molar-refractivity contribution in [2.75, 3.05) is 13.1 Å². The summed E-state index contributed by atoms with van der Waals surface area (Å²) in [6.07, 6.45) is 7.15. The van der Waals surface area contributed by atoms with Crippen molar-refractivity contribution in [3.63, 3.8) is 0 Å². The van der Waals surface area contributed by atoms with Crippen molar-refractivity contribution in [2.45, 2.75) is 58.8 Å². The second-order valence-corrected chi connectivity index (χ2v) is 7.88. The molecule has 0 aromatic heterocycles. The van der Waals surface area contributed by atoms with Gasteiger partial charge in [0.1, 0.15) is 0 Å². The Bertz CT molecular complexity index is 474. The molecule has 1 spiro atoms. The average Bonchev–Trinajstić information content (AvgIpc) is 2.48. The van der Waals surface area contributed by atoms with Gasteiger partial charge in [0.05, 0.1) is 0 Å². The average molecular weight is 285 g/mol. The summed E-state index contributed by atoms with van der Waals surface area (Å²) in [4.78, 5) is 0. The first kappa shape index (κ1) is 15.1. The quantitative estimate of drug-likeness (QED) is 0.814. The van der Waals surface area contributed by atoms with Crippen molar-refractivity contribution in [1.82, 2.24) is 5.32 Å². The number of rotatable bonds is 2. The van der Waals surface area contributed by atoms with Crippen molar-refractivity contribution >= 4 is 0 Å². The van der Waals surface area contributed by atoms with Crippen LogP contribution in [0.3, 0.4) is 0 Å². The van der Waals surface area contributed by atoms with Crippen LogP contribution in [0.15, 0.2) is 24.3 Å². The highest BCUT2D eigenvalue weighted by molar-refractivity contribution is 5.28. The molecule has 0 radical (unpaired) electrons. The molecule has 1 nitrogen and oxygen atoms in total. The lowest BCUT2D eigenvalue weighted by Gasteiger charge is -2.50. The van der Waals surface area contributed by atoms with E-state index in [1.54, 1.807) is 5.56 Å². The first-order valence-electron chi connectivity index (χ1n) is 8.88. The number of aryl methyl sites for hydroxylation is 1. The first-order chi connectivity index (χ1) is 10.1. The summed E-state index contributed by atoms with van der Waals surface area (Å²) in [7, 11) is 0. The van der Waals surface area contributed by atoms with Crippen LogP contribution >= 0.6 is 0 Å². The van der Waals surface area contributed by atoms with E-state index in [1.165, 1.54) is 50.8 Å². The highest BCUT2D eigenvalue weighted by Gasteiger charge is 2.44. The van der Waals surface area contributed by atoms with Gasteiger partial charge in [-0.05, 0) is 55.5 Å². The fraction of sp³-hybridized carbons (Fsp3) is 0.700. The molecule has 0 bridgehead atoms. The molecule has 1 heteroatoms. The van der Waals surface area contributed by atoms with Crippen LogP contribution in [0.1, 0.15) is 63.0 Å². The summed E-state index contributed by atoms with van der Waals surface area (Å²) in [5.74, 6) is 2.49. The lowest BCUT2D eigenvalue weighted by molar-refractivity contribution is 0.0545. The molecule has 1 aromatic carbocycles. The molecule has 1 aliphatic heterocycles. The smallest absolute Gasteiger partial charge is 0.00255 e. The lowest BCUT2D eigenvalue weighted by atomic mass is 9.57. The third-order valence-corrected chi connectivity index (χ3v) is 6.19. The monoisotopic (exact) mass is 285 g/mol. The van der Waals surface area contributed by atoms with Crippen LogP contribution in [0.4, 0.5) is 0 Å². The van der Waals surface area contributed by atoms with Crippen molar-refractivity contribution in [3.05, 3.63) is 35.4 Å². The number of benzene rings is 1. The SMILES string of the molecule is Cc1cccc(C2CNCCC23CCCC(C(C)C)C3)c1. The summed E-state index contributed by atoms with van der Waals surface area (Å²) in [6.45, 7) is 9.46. The van der Waals surface area contributed by atoms with E-state index in [-0.39, 0.29) is 0 Å². The highest BCUT2D eigenvalue weighted by atomic mass is 14.9. The zero-order valence-electron chi connectivity index (χ0n) is 14.0. The second-order valence-electron chi connectivity index (χ2n) is 7.88. The summed E-state index contributed by atoms with van der Waals surface area (Å²) < 4.78 is 0. The minimum Gasteiger partial charge on any atom is -0.316 e. The Morgan fingerprint density at radius 2 is 2.10 bits per heavy atom. The van der Waals surface area contributed by atoms with Gasteiger partial charge in [-0.1, -0.05) is 56.5 Å². The van der Waals surface area contributed by atoms with Gasteiger partial charge in [0.15, 0.2) is 0 Å². The Balaban J connectivity index is 1.90. The number of hydrogen-bond acceptors (Lipinski definition) is 1. The Hall–Kier alpha value is -0.820. The minimum absolute atomic E-state index is 0.562. The molecule has 3 rings (SSSR count).